The summed E-state index contributed by atoms with van der Waals surface area (Å²) in [6.45, 7) is 2.10. The molecule has 0 saturated carbocycles. The predicted octanol–water partition coefficient (Wildman–Crippen LogP) is 6.72. The molecule has 2 aromatic rings. The highest BCUT2D eigenvalue weighted by molar-refractivity contribution is 9.11. The van der Waals surface area contributed by atoms with Gasteiger partial charge in [0.2, 0.25) is 0 Å². The Balaban J connectivity index is 2.43. The second kappa shape index (κ2) is 5.74. The monoisotopic (exact) mass is 456 g/mol. The van der Waals surface area contributed by atoms with Crippen LogP contribution in [0.1, 0.15) is 20.1 Å². The van der Waals surface area contributed by atoms with Crippen LogP contribution in [-0.2, 0) is 0 Å². The Morgan fingerprint density at radius 1 is 1.24 bits per heavy atom. The van der Waals surface area contributed by atoms with Crippen molar-refractivity contribution in [2.45, 2.75) is 11.8 Å². The van der Waals surface area contributed by atoms with E-state index in [2.05, 4.69) is 60.8 Å². The molecule has 1 aromatic carbocycles. The molecule has 0 spiro atoms. The highest BCUT2D eigenvalue weighted by atomic mass is 79.9. The first kappa shape index (κ1) is 14.1. The minimum absolute atomic E-state index is 0.127. The van der Waals surface area contributed by atoms with Crippen LogP contribution in [-0.4, -0.2) is 0 Å². The van der Waals surface area contributed by atoms with Crippen molar-refractivity contribution in [3.8, 4) is 0 Å². The highest BCUT2D eigenvalue weighted by Gasteiger charge is 2.18. The molecule has 1 unspecified atom stereocenters. The van der Waals surface area contributed by atoms with Gasteiger partial charge in [-0.15, -0.1) is 11.3 Å². The summed E-state index contributed by atoms with van der Waals surface area (Å²) in [6, 6.07) is 8.11. The van der Waals surface area contributed by atoms with Gasteiger partial charge >= 0.3 is 0 Å². The van der Waals surface area contributed by atoms with Gasteiger partial charge in [0.25, 0.3) is 0 Å². The quantitative estimate of drug-likeness (QED) is 0.438. The topological polar surface area (TPSA) is 0 Å². The van der Waals surface area contributed by atoms with Crippen LogP contribution in [0, 0.1) is 6.92 Å². The van der Waals surface area contributed by atoms with Gasteiger partial charge < -0.3 is 0 Å². The maximum Gasteiger partial charge on any atom is 0.0753 e. The van der Waals surface area contributed by atoms with Gasteiger partial charge in [-0.2, -0.15) is 0 Å². The Hall–Kier alpha value is 0.650. The van der Waals surface area contributed by atoms with Gasteiger partial charge in [0.05, 0.1) is 9.85 Å². The molecule has 0 aliphatic heterocycles. The lowest BCUT2D eigenvalue weighted by Crippen LogP contribution is -1.91. The maximum absolute atomic E-state index is 6.30. The van der Waals surface area contributed by atoms with Crippen LogP contribution >= 0.6 is 70.7 Å². The molecule has 1 heterocycles. The Morgan fingerprint density at radius 3 is 2.53 bits per heavy atom. The Kier molecular flexibility index (Phi) is 4.75. The fourth-order valence-electron chi connectivity index (χ4n) is 1.48. The van der Waals surface area contributed by atoms with Crippen LogP contribution in [0.25, 0.3) is 0 Å². The molecular formula is C12H8Br3ClS. The van der Waals surface area contributed by atoms with Gasteiger partial charge in [-0.3, -0.25) is 0 Å². The number of thiophene rings is 1. The van der Waals surface area contributed by atoms with Crippen LogP contribution < -0.4 is 0 Å². The summed E-state index contributed by atoms with van der Waals surface area (Å²) in [5.41, 5.74) is 1.08. The van der Waals surface area contributed by atoms with Crippen LogP contribution in [0.2, 0.25) is 5.02 Å². The average Bonchev–Trinajstić information content (AvgIpc) is 2.62. The third-order valence-electron chi connectivity index (χ3n) is 2.38. The molecule has 0 radical (unpaired) electrons. The molecule has 0 N–H and O–H groups in total. The second-order valence-electron chi connectivity index (χ2n) is 3.56. The van der Waals surface area contributed by atoms with Gasteiger partial charge in [-0.1, -0.05) is 39.7 Å². The fraction of sp³-hybridized carbons (Fsp3) is 0.167. The van der Waals surface area contributed by atoms with Gasteiger partial charge in [0, 0.05) is 18.7 Å². The smallest absolute Gasteiger partial charge is 0.0753 e. The van der Waals surface area contributed by atoms with Crippen molar-refractivity contribution in [2.24, 2.45) is 0 Å². The molecule has 0 nitrogen and oxygen atoms in total. The zero-order chi connectivity index (χ0) is 12.6. The van der Waals surface area contributed by atoms with Crippen LogP contribution in [0.15, 0.2) is 33.2 Å². The highest BCUT2D eigenvalue weighted by Crippen LogP contribution is 2.42. The lowest BCUT2D eigenvalue weighted by molar-refractivity contribution is 1.22. The summed E-state index contributed by atoms with van der Waals surface area (Å²) in [5.74, 6) is 0. The molecule has 5 heteroatoms. The molecule has 0 fully saturated rings. The summed E-state index contributed by atoms with van der Waals surface area (Å²) in [6.07, 6.45) is 0. The molecule has 0 amide bonds. The molecule has 0 saturated heterocycles. The largest absolute Gasteiger partial charge is 0.143 e. The number of hydrogen-bond donors (Lipinski definition) is 0. The van der Waals surface area contributed by atoms with Crippen molar-refractivity contribution >= 4 is 70.7 Å². The summed E-state index contributed by atoms with van der Waals surface area (Å²) in [4.78, 5) is 2.65. The van der Waals surface area contributed by atoms with E-state index in [-0.39, 0.29) is 4.83 Å². The van der Waals surface area contributed by atoms with E-state index in [4.69, 9.17) is 11.6 Å². The van der Waals surface area contributed by atoms with Crippen molar-refractivity contribution in [3.05, 3.63) is 53.6 Å². The third-order valence-corrected chi connectivity index (χ3v) is 7.18. The number of aryl methyl sites for hydroxylation is 1. The lowest BCUT2D eigenvalue weighted by Gasteiger charge is -2.11. The number of halogens is 4. The molecule has 17 heavy (non-hydrogen) atoms. The normalized spacial score (nSPS) is 12.8. The number of benzene rings is 1. The number of rotatable bonds is 2. The number of alkyl halides is 1. The van der Waals surface area contributed by atoms with Crippen LogP contribution in [0.5, 0.6) is 0 Å². The van der Waals surface area contributed by atoms with Gasteiger partial charge in [0.1, 0.15) is 0 Å². The van der Waals surface area contributed by atoms with Crippen LogP contribution in [0.4, 0.5) is 0 Å². The van der Waals surface area contributed by atoms with E-state index in [9.17, 15) is 0 Å². The van der Waals surface area contributed by atoms with E-state index >= 15 is 0 Å². The van der Waals surface area contributed by atoms with Crippen molar-refractivity contribution in [1.82, 2.24) is 0 Å². The molecule has 90 valence electrons. The first-order valence-electron chi connectivity index (χ1n) is 4.84. The fourth-order valence-corrected chi connectivity index (χ4v) is 4.58. The van der Waals surface area contributed by atoms with E-state index < -0.39 is 0 Å². The van der Waals surface area contributed by atoms with Crippen molar-refractivity contribution in [1.29, 1.82) is 0 Å². The Bertz CT molecular complexity index is 531. The minimum Gasteiger partial charge on any atom is -0.143 e. The van der Waals surface area contributed by atoms with E-state index in [1.165, 1.54) is 9.75 Å². The maximum atomic E-state index is 6.30. The predicted molar refractivity (Wildman–Crippen MR) is 86.7 cm³/mol. The summed E-state index contributed by atoms with van der Waals surface area (Å²) >= 11 is 18.8. The molecule has 2 rings (SSSR count). The first-order chi connectivity index (χ1) is 8.00. The van der Waals surface area contributed by atoms with E-state index in [1.54, 1.807) is 11.3 Å². The molecule has 0 aliphatic carbocycles. The van der Waals surface area contributed by atoms with Crippen LogP contribution in [0.3, 0.4) is 0 Å². The van der Waals surface area contributed by atoms with Gasteiger partial charge in [0.15, 0.2) is 0 Å². The zero-order valence-electron chi connectivity index (χ0n) is 8.81. The molecule has 1 atom stereocenters. The van der Waals surface area contributed by atoms with Gasteiger partial charge in [-0.25, -0.2) is 0 Å². The van der Waals surface area contributed by atoms with Gasteiger partial charge in [-0.05, 0) is 56.5 Å². The van der Waals surface area contributed by atoms with Crippen molar-refractivity contribution < 1.29 is 0 Å². The molecule has 1 aromatic heterocycles. The second-order valence-corrected chi connectivity index (χ2v) is 7.85. The Labute approximate surface area is 135 Å². The number of hydrogen-bond acceptors (Lipinski definition) is 1. The summed E-state index contributed by atoms with van der Waals surface area (Å²) in [5, 5.41) is 0.761. The lowest BCUT2D eigenvalue weighted by atomic mass is 10.1. The third kappa shape index (κ3) is 2.98. The minimum atomic E-state index is 0.127. The average molecular weight is 459 g/mol. The van der Waals surface area contributed by atoms with E-state index in [0.717, 1.165) is 19.5 Å². The van der Waals surface area contributed by atoms with E-state index in [1.807, 2.05) is 18.2 Å². The molecule has 0 bridgehead atoms. The molecular weight excluding hydrogens is 451 g/mol. The summed E-state index contributed by atoms with van der Waals surface area (Å²) in [7, 11) is 0. The standard InChI is InChI=1S/C12H8Br3ClS/c1-6-9(14)5-10(17-6)11(15)7-3-2-4-8(13)12(7)16/h2-5,11H,1H3. The Morgan fingerprint density at radius 2 is 1.94 bits per heavy atom. The SMILES string of the molecule is Cc1sc(C(Br)c2cccc(Br)c2Cl)cc1Br. The van der Waals surface area contributed by atoms with Crippen molar-refractivity contribution in [2.75, 3.05) is 0 Å². The van der Waals surface area contributed by atoms with Crippen molar-refractivity contribution in [3.63, 3.8) is 0 Å². The molecule has 0 aliphatic rings. The summed E-state index contributed by atoms with van der Waals surface area (Å²) < 4.78 is 2.07. The first-order valence-corrected chi connectivity index (χ1v) is 8.54. The zero-order valence-corrected chi connectivity index (χ0v) is 15.1. The van der Waals surface area contributed by atoms with E-state index in [0.29, 0.717) is 0 Å².